The lowest BCUT2D eigenvalue weighted by Gasteiger charge is -2.13. The van der Waals surface area contributed by atoms with Crippen LogP contribution in [0.15, 0.2) is 63.9 Å². The highest BCUT2D eigenvalue weighted by Crippen LogP contribution is 2.31. The minimum atomic E-state index is -0.312. The molecular formula is C27H30N8O3. The van der Waals surface area contributed by atoms with Gasteiger partial charge in [-0.15, -0.1) is 10.2 Å². The van der Waals surface area contributed by atoms with Gasteiger partial charge in [-0.3, -0.25) is 14.6 Å². The fourth-order valence-corrected chi connectivity index (χ4v) is 3.97. The molecule has 38 heavy (non-hydrogen) atoms. The summed E-state index contributed by atoms with van der Waals surface area (Å²) in [7, 11) is 0. The molecule has 5 rings (SSSR count). The Balaban J connectivity index is 0.00000164. The van der Waals surface area contributed by atoms with Gasteiger partial charge in [0.05, 0.1) is 16.8 Å². The molecule has 196 valence electrons. The third kappa shape index (κ3) is 5.18. The van der Waals surface area contributed by atoms with Crippen LogP contribution in [0.4, 0.5) is 17.3 Å². The van der Waals surface area contributed by atoms with Crippen LogP contribution in [0.1, 0.15) is 39.3 Å². The first-order chi connectivity index (χ1) is 18.5. The summed E-state index contributed by atoms with van der Waals surface area (Å²) in [4.78, 5) is 31.6. The number of carbonyl (C=O) groups excluding carboxylic acids is 1. The Morgan fingerprint density at radius 3 is 2.42 bits per heavy atom. The number of hydrogen-bond acceptors (Lipinski definition) is 8. The first-order valence-electron chi connectivity index (χ1n) is 12.3. The molecule has 0 aliphatic heterocycles. The number of rotatable bonds is 8. The summed E-state index contributed by atoms with van der Waals surface area (Å²) >= 11 is 0. The van der Waals surface area contributed by atoms with Crippen LogP contribution in [-0.2, 0) is 11.3 Å². The number of carbonyl (C=O) groups is 1. The number of amides is 1. The standard InChI is InChI=1S/C25H24N8O3.C2H6/c1-14(2)33-12-17(11-26)20-21(33)29-25(30-22(20)35)28-19-10-16(8-9-18(19)27-13-34)24-32-31-23(36-24)15-6-4-3-5-7-15;1-2/h3-10,12-14H,11,26H2,1-2H3,(H,27,34)(H2,28,29,30,35);1-2H3. The number of aromatic amines is 1. The largest absolute Gasteiger partial charge is 0.416 e. The topological polar surface area (TPSA) is 157 Å². The van der Waals surface area contributed by atoms with Gasteiger partial charge in [-0.1, -0.05) is 32.0 Å². The third-order valence-corrected chi connectivity index (χ3v) is 5.72. The van der Waals surface area contributed by atoms with Crippen LogP contribution in [0, 0.1) is 0 Å². The van der Waals surface area contributed by atoms with Crippen LogP contribution in [0.2, 0.25) is 0 Å². The van der Waals surface area contributed by atoms with Gasteiger partial charge in [-0.05, 0) is 49.7 Å². The van der Waals surface area contributed by atoms with Crippen molar-refractivity contribution in [2.45, 2.75) is 40.3 Å². The Labute approximate surface area is 219 Å². The van der Waals surface area contributed by atoms with Crippen molar-refractivity contribution < 1.29 is 9.21 Å². The van der Waals surface area contributed by atoms with Crippen LogP contribution in [0.25, 0.3) is 33.9 Å². The molecule has 0 saturated heterocycles. The van der Waals surface area contributed by atoms with Crippen molar-refractivity contribution in [3.63, 3.8) is 0 Å². The van der Waals surface area contributed by atoms with Gasteiger partial charge in [0, 0.05) is 29.9 Å². The van der Waals surface area contributed by atoms with Crippen LogP contribution in [0.3, 0.4) is 0 Å². The van der Waals surface area contributed by atoms with Crippen molar-refractivity contribution in [3.05, 3.63) is 70.6 Å². The third-order valence-electron chi connectivity index (χ3n) is 5.72. The number of benzene rings is 2. The molecule has 5 N–H and O–H groups in total. The predicted octanol–water partition coefficient (Wildman–Crippen LogP) is 4.82. The predicted molar refractivity (Wildman–Crippen MR) is 148 cm³/mol. The first kappa shape index (κ1) is 26.3. The molecule has 0 saturated carbocycles. The number of fused-ring (bicyclic) bond motifs is 1. The number of aromatic nitrogens is 5. The van der Waals surface area contributed by atoms with E-state index in [1.54, 1.807) is 18.2 Å². The molecule has 0 fully saturated rings. The number of nitrogens with zero attached hydrogens (tertiary/aromatic N) is 4. The van der Waals surface area contributed by atoms with Crippen LogP contribution in [-0.4, -0.2) is 31.1 Å². The van der Waals surface area contributed by atoms with Crippen molar-refractivity contribution >= 4 is 34.8 Å². The Morgan fingerprint density at radius 1 is 1.05 bits per heavy atom. The lowest BCUT2D eigenvalue weighted by atomic mass is 10.1. The summed E-state index contributed by atoms with van der Waals surface area (Å²) in [5.41, 5.74) is 9.14. The quantitative estimate of drug-likeness (QED) is 0.215. The fourth-order valence-electron chi connectivity index (χ4n) is 3.97. The molecule has 3 heterocycles. The van der Waals surface area contributed by atoms with Crippen molar-refractivity contribution in [3.8, 4) is 22.9 Å². The molecule has 1 amide bonds. The molecule has 11 heteroatoms. The van der Waals surface area contributed by atoms with Crippen molar-refractivity contribution in [1.29, 1.82) is 0 Å². The monoisotopic (exact) mass is 514 g/mol. The molecule has 0 spiro atoms. The minimum absolute atomic E-state index is 0.0712. The summed E-state index contributed by atoms with van der Waals surface area (Å²) in [6.07, 6.45) is 2.42. The van der Waals surface area contributed by atoms with Gasteiger partial charge in [0.1, 0.15) is 5.65 Å². The number of hydrogen-bond donors (Lipinski definition) is 4. The van der Waals surface area contributed by atoms with Gasteiger partial charge in [-0.2, -0.15) is 4.98 Å². The lowest BCUT2D eigenvalue weighted by molar-refractivity contribution is -0.105. The number of anilines is 3. The highest BCUT2D eigenvalue weighted by molar-refractivity contribution is 5.86. The molecule has 3 aromatic heterocycles. The molecule has 0 unspecified atom stereocenters. The normalized spacial score (nSPS) is 10.8. The summed E-state index contributed by atoms with van der Waals surface area (Å²) in [5.74, 6) is 0.891. The Hall–Kier alpha value is -4.77. The minimum Gasteiger partial charge on any atom is -0.416 e. The average molecular weight is 515 g/mol. The van der Waals surface area contributed by atoms with E-state index in [4.69, 9.17) is 10.2 Å². The maximum atomic E-state index is 12.9. The highest BCUT2D eigenvalue weighted by Gasteiger charge is 2.17. The zero-order valence-corrected chi connectivity index (χ0v) is 21.6. The maximum Gasteiger partial charge on any atom is 0.262 e. The van der Waals surface area contributed by atoms with E-state index < -0.39 is 0 Å². The van der Waals surface area contributed by atoms with Crippen molar-refractivity contribution in [2.24, 2.45) is 5.73 Å². The molecule has 0 radical (unpaired) electrons. The van der Waals surface area contributed by atoms with E-state index >= 15 is 0 Å². The Morgan fingerprint density at radius 2 is 1.76 bits per heavy atom. The van der Waals surface area contributed by atoms with E-state index in [-0.39, 0.29) is 24.1 Å². The van der Waals surface area contributed by atoms with Gasteiger partial charge < -0.3 is 25.4 Å². The molecule has 11 nitrogen and oxygen atoms in total. The van der Waals surface area contributed by atoms with E-state index in [2.05, 4.69) is 30.8 Å². The molecule has 5 aromatic rings. The summed E-state index contributed by atoms with van der Waals surface area (Å²) in [6, 6.07) is 14.7. The molecular weight excluding hydrogens is 484 g/mol. The first-order valence-corrected chi connectivity index (χ1v) is 12.3. The van der Waals surface area contributed by atoms with Gasteiger partial charge in [-0.25, -0.2) is 0 Å². The number of H-pyrrole nitrogens is 1. The van der Waals surface area contributed by atoms with E-state index in [9.17, 15) is 9.59 Å². The summed E-state index contributed by atoms with van der Waals surface area (Å²) in [5, 5.41) is 14.5. The second-order valence-corrected chi connectivity index (χ2v) is 8.40. The zero-order chi connectivity index (χ0) is 27.2. The second-order valence-electron chi connectivity index (χ2n) is 8.40. The van der Waals surface area contributed by atoms with Crippen LogP contribution in [0.5, 0.6) is 0 Å². The molecule has 0 aliphatic carbocycles. The van der Waals surface area contributed by atoms with Gasteiger partial charge in [0.15, 0.2) is 0 Å². The lowest BCUT2D eigenvalue weighted by Crippen LogP contribution is -2.14. The molecule has 0 bridgehead atoms. The van der Waals surface area contributed by atoms with E-state index in [0.29, 0.717) is 46.2 Å². The van der Waals surface area contributed by atoms with Gasteiger partial charge in [0.25, 0.3) is 5.56 Å². The molecule has 2 aromatic carbocycles. The molecule has 0 aliphatic rings. The van der Waals surface area contributed by atoms with E-state index in [1.807, 2.05) is 68.8 Å². The Bertz CT molecular complexity index is 1600. The SMILES string of the molecule is CC.CC(C)n1cc(CN)c2c(=O)[nH]c(Nc3cc(-c4nnc(-c5ccccc5)o4)ccc3NC=O)nc21. The van der Waals surface area contributed by atoms with Crippen LogP contribution >= 0.6 is 0 Å². The zero-order valence-electron chi connectivity index (χ0n) is 21.6. The van der Waals surface area contributed by atoms with Gasteiger partial charge >= 0.3 is 0 Å². The number of nitrogens with two attached hydrogens (primary N) is 1. The molecule has 0 atom stereocenters. The van der Waals surface area contributed by atoms with E-state index in [0.717, 1.165) is 11.1 Å². The Kier molecular flexibility index (Phi) is 7.97. The summed E-state index contributed by atoms with van der Waals surface area (Å²) < 4.78 is 7.77. The maximum absolute atomic E-state index is 12.9. The fraction of sp³-hybridized carbons (Fsp3) is 0.222. The van der Waals surface area contributed by atoms with Gasteiger partial charge in [0.2, 0.25) is 24.1 Å². The van der Waals surface area contributed by atoms with E-state index in [1.165, 1.54) is 0 Å². The smallest absolute Gasteiger partial charge is 0.262 e. The summed E-state index contributed by atoms with van der Waals surface area (Å²) in [6.45, 7) is 8.22. The van der Waals surface area contributed by atoms with Crippen LogP contribution < -0.4 is 21.9 Å². The van der Waals surface area contributed by atoms with Crippen molar-refractivity contribution in [2.75, 3.05) is 10.6 Å². The highest BCUT2D eigenvalue weighted by atomic mass is 16.4. The average Bonchev–Trinajstić information content (AvgIpc) is 3.57. The number of nitrogens with one attached hydrogen (secondary N) is 3. The second kappa shape index (κ2) is 11.5. The van der Waals surface area contributed by atoms with Crippen molar-refractivity contribution in [1.82, 2.24) is 24.7 Å².